The topological polar surface area (TPSA) is 55.2 Å². The molecule has 1 aromatic heterocycles. The Kier molecular flexibility index (Phi) is 3.48. The molecule has 0 fully saturated rings. The van der Waals surface area contributed by atoms with Gasteiger partial charge in [-0.2, -0.15) is 0 Å². The minimum Gasteiger partial charge on any atom is -0.430 e. The first kappa shape index (κ1) is 11.0. The van der Waals surface area contributed by atoms with E-state index >= 15 is 0 Å². The zero-order valence-corrected chi connectivity index (χ0v) is 9.70. The SMILES string of the molecule is Cc1nnc(Oc2ccc(CCO)cc2)s1. The molecule has 5 heteroatoms. The number of aromatic nitrogens is 2. The van der Waals surface area contributed by atoms with Crippen LogP contribution < -0.4 is 4.74 Å². The summed E-state index contributed by atoms with van der Waals surface area (Å²) in [4.78, 5) is 0. The third kappa shape index (κ3) is 2.77. The van der Waals surface area contributed by atoms with Crippen LogP contribution in [0.3, 0.4) is 0 Å². The van der Waals surface area contributed by atoms with Crippen molar-refractivity contribution in [3.8, 4) is 10.9 Å². The first-order valence-electron chi connectivity index (χ1n) is 4.95. The van der Waals surface area contributed by atoms with Crippen molar-refractivity contribution in [2.24, 2.45) is 0 Å². The van der Waals surface area contributed by atoms with Crippen molar-refractivity contribution in [3.63, 3.8) is 0 Å². The predicted molar refractivity (Wildman–Crippen MR) is 62.0 cm³/mol. The van der Waals surface area contributed by atoms with Crippen LogP contribution in [0.1, 0.15) is 10.6 Å². The van der Waals surface area contributed by atoms with Crippen LogP contribution in [-0.4, -0.2) is 21.9 Å². The van der Waals surface area contributed by atoms with Crippen molar-refractivity contribution in [2.45, 2.75) is 13.3 Å². The first-order chi connectivity index (χ1) is 7.78. The summed E-state index contributed by atoms with van der Waals surface area (Å²) in [5.74, 6) is 0.734. The van der Waals surface area contributed by atoms with Crippen LogP contribution in [-0.2, 0) is 6.42 Å². The summed E-state index contributed by atoms with van der Waals surface area (Å²) in [6.45, 7) is 2.05. The van der Waals surface area contributed by atoms with Crippen molar-refractivity contribution >= 4 is 11.3 Å². The number of aliphatic hydroxyl groups excluding tert-OH is 1. The lowest BCUT2D eigenvalue weighted by atomic mass is 10.1. The number of aliphatic hydroxyl groups is 1. The van der Waals surface area contributed by atoms with Crippen LogP contribution in [0.25, 0.3) is 0 Å². The van der Waals surface area contributed by atoms with E-state index < -0.39 is 0 Å². The van der Waals surface area contributed by atoms with Gasteiger partial charge in [-0.1, -0.05) is 28.6 Å². The second-order valence-electron chi connectivity index (χ2n) is 3.31. The Labute approximate surface area is 97.5 Å². The molecule has 2 rings (SSSR count). The van der Waals surface area contributed by atoms with E-state index in [1.165, 1.54) is 11.3 Å². The maximum absolute atomic E-state index is 8.78. The lowest BCUT2D eigenvalue weighted by molar-refractivity contribution is 0.299. The van der Waals surface area contributed by atoms with Crippen molar-refractivity contribution in [3.05, 3.63) is 34.8 Å². The Morgan fingerprint density at radius 2 is 2.00 bits per heavy atom. The van der Waals surface area contributed by atoms with E-state index in [0.717, 1.165) is 16.3 Å². The van der Waals surface area contributed by atoms with Gasteiger partial charge in [-0.25, -0.2) is 0 Å². The van der Waals surface area contributed by atoms with Gasteiger partial charge in [-0.3, -0.25) is 0 Å². The summed E-state index contributed by atoms with van der Waals surface area (Å²) in [6.07, 6.45) is 0.665. The molecule has 2 aromatic rings. The van der Waals surface area contributed by atoms with E-state index in [2.05, 4.69) is 10.2 Å². The molecule has 0 amide bonds. The molecule has 16 heavy (non-hydrogen) atoms. The molecule has 0 saturated carbocycles. The number of ether oxygens (including phenoxy) is 1. The van der Waals surface area contributed by atoms with E-state index in [4.69, 9.17) is 9.84 Å². The van der Waals surface area contributed by atoms with E-state index in [9.17, 15) is 0 Å². The van der Waals surface area contributed by atoms with Crippen LogP contribution in [0.5, 0.6) is 10.9 Å². The predicted octanol–water partition coefficient (Wildman–Crippen LogP) is 2.17. The van der Waals surface area contributed by atoms with Crippen molar-refractivity contribution < 1.29 is 9.84 Å². The third-order valence-corrected chi connectivity index (χ3v) is 2.75. The average Bonchev–Trinajstić information content (AvgIpc) is 2.67. The van der Waals surface area contributed by atoms with Gasteiger partial charge in [0.25, 0.3) is 5.19 Å². The van der Waals surface area contributed by atoms with Crippen LogP contribution in [0.4, 0.5) is 0 Å². The molecule has 1 N–H and O–H groups in total. The van der Waals surface area contributed by atoms with Crippen LogP contribution in [0.15, 0.2) is 24.3 Å². The highest BCUT2D eigenvalue weighted by Gasteiger charge is 2.02. The number of hydrogen-bond donors (Lipinski definition) is 1. The second kappa shape index (κ2) is 5.05. The van der Waals surface area contributed by atoms with Gasteiger partial charge in [-0.15, -0.1) is 5.10 Å². The highest BCUT2D eigenvalue weighted by molar-refractivity contribution is 7.13. The second-order valence-corrected chi connectivity index (χ2v) is 4.45. The smallest absolute Gasteiger partial charge is 0.299 e. The number of rotatable bonds is 4. The van der Waals surface area contributed by atoms with Crippen LogP contribution in [0, 0.1) is 6.92 Å². The summed E-state index contributed by atoms with van der Waals surface area (Å²) in [7, 11) is 0. The molecule has 4 nitrogen and oxygen atoms in total. The summed E-state index contributed by atoms with van der Waals surface area (Å²) < 4.78 is 5.51. The average molecular weight is 236 g/mol. The summed E-state index contributed by atoms with van der Waals surface area (Å²) in [5.41, 5.74) is 1.09. The molecule has 1 aromatic carbocycles. The monoisotopic (exact) mass is 236 g/mol. The molecule has 0 radical (unpaired) electrons. The van der Waals surface area contributed by atoms with E-state index in [1.807, 2.05) is 31.2 Å². The molecular formula is C11H12N2O2S. The Bertz CT molecular complexity index is 453. The van der Waals surface area contributed by atoms with E-state index in [-0.39, 0.29) is 6.61 Å². The zero-order chi connectivity index (χ0) is 11.4. The van der Waals surface area contributed by atoms with Crippen LogP contribution in [0.2, 0.25) is 0 Å². The van der Waals surface area contributed by atoms with Gasteiger partial charge < -0.3 is 9.84 Å². The van der Waals surface area contributed by atoms with Gasteiger partial charge >= 0.3 is 0 Å². The quantitative estimate of drug-likeness (QED) is 0.884. The van der Waals surface area contributed by atoms with Gasteiger partial charge in [0.1, 0.15) is 10.8 Å². The maximum Gasteiger partial charge on any atom is 0.299 e. The fourth-order valence-corrected chi connectivity index (χ4v) is 1.83. The van der Waals surface area contributed by atoms with Crippen molar-refractivity contribution in [1.82, 2.24) is 10.2 Å². The molecule has 0 unspecified atom stereocenters. The van der Waals surface area contributed by atoms with Crippen LogP contribution >= 0.6 is 11.3 Å². The fraction of sp³-hybridized carbons (Fsp3) is 0.273. The van der Waals surface area contributed by atoms with Gasteiger partial charge in [0.15, 0.2) is 0 Å². The molecule has 1 heterocycles. The number of hydrogen-bond acceptors (Lipinski definition) is 5. The molecular weight excluding hydrogens is 224 g/mol. The maximum atomic E-state index is 8.78. The largest absolute Gasteiger partial charge is 0.430 e. The van der Waals surface area contributed by atoms with E-state index in [0.29, 0.717) is 11.6 Å². The van der Waals surface area contributed by atoms with Gasteiger partial charge in [0, 0.05) is 6.61 Å². The number of aryl methyl sites for hydroxylation is 1. The minimum absolute atomic E-state index is 0.162. The van der Waals surface area contributed by atoms with E-state index in [1.54, 1.807) is 0 Å². The first-order valence-corrected chi connectivity index (χ1v) is 5.77. The highest BCUT2D eigenvalue weighted by Crippen LogP contribution is 2.24. The Hall–Kier alpha value is -1.46. The molecule has 84 valence electrons. The lowest BCUT2D eigenvalue weighted by Crippen LogP contribution is -1.90. The number of nitrogens with zero attached hydrogens (tertiary/aromatic N) is 2. The molecule has 0 aliphatic heterocycles. The van der Waals surface area contributed by atoms with Crippen molar-refractivity contribution in [2.75, 3.05) is 6.61 Å². The number of benzene rings is 1. The van der Waals surface area contributed by atoms with Gasteiger partial charge in [0.2, 0.25) is 0 Å². The zero-order valence-electron chi connectivity index (χ0n) is 8.88. The van der Waals surface area contributed by atoms with Crippen molar-refractivity contribution in [1.29, 1.82) is 0 Å². The molecule has 0 atom stereocenters. The third-order valence-electron chi connectivity index (χ3n) is 2.04. The normalized spacial score (nSPS) is 10.4. The molecule has 0 saturated heterocycles. The Balaban J connectivity index is 2.05. The fourth-order valence-electron chi connectivity index (χ4n) is 1.27. The standard InChI is InChI=1S/C11H12N2O2S/c1-8-12-13-11(16-8)15-10-4-2-9(3-5-10)6-7-14/h2-5,14H,6-7H2,1H3. The van der Waals surface area contributed by atoms with Gasteiger partial charge in [0.05, 0.1) is 0 Å². The minimum atomic E-state index is 0.162. The summed E-state index contributed by atoms with van der Waals surface area (Å²) in [6, 6.07) is 7.59. The molecule has 0 aliphatic rings. The molecule has 0 spiro atoms. The Morgan fingerprint density at radius 1 is 1.25 bits per heavy atom. The Morgan fingerprint density at radius 3 is 2.56 bits per heavy atom. The molecule has 0 aliphatic carbocycles. The molecule has 0 bridgehead atoms. The summed E-state index contributed by atoms with van der Waals surface area (Å²) >= 11 is 1.41. The van der Waals surface area contributed by atoms with Gasteiger partial charge in [-0.05, 0) is 31.0 Å². The summed E-state index contributed by atoms with van der Waals surface area (Å²) in [5, 5.41) is 18.0. The highest BCUT2D eigenvalue weighted by atomic mass is 32.1. The lowest BCUT2D eigenvalue weighted by Gasteiger charge is -2.02.